The number of aryl methyl sites for hydroxylation is 1. The summed E-state index contributed by atoms with van der Waals surface area (Å²) in [4.78, 5) is 23.3. The maximum Gasteiger partial charge on any atom is 0.234 e. The first-order chi connectivity index (χ1) is 12.8. The van der Waals surface area contributed by atoms with Gasteiger partial charge in [-0.1, -0.05) is 54.9 Å². The molecule has 2 amide bonds. The molecular weight excluding hydrogens is 409 g/mol. The van der Waals surface area contributed by atoms with Crippen molar-refractivity contribution < 1.29 is 9.59 Å². The predicted octanol–water partition coefficient (Wildman–Crippen LogP) is 3.39. The number of halogens is 2. The molecule has 0 aliphatic rings. The van der Waals surface area contributed by atoms with E-state index in [-0.39, 0.29) is 24.0 Å². The monoisotopic (exact) mass is 429 g/mol. The number of carbonyl (C=O) groups is 2. The molecule has 0 radical (unpaired) electrons. The molecule has 0 bridgehead atoms. The van der Waals surface area contributed by atoms with Gasteiger partial charge in [0.2, 0.25) is 11.8 Å². The summed E-state index contributed by atoms with van der Waals surface area (Å²) in [6.45, 7) is 4.82. The van der Waals surface area contributed by atoms with Gasteiger partial charge in [0, 0.05) is 19.4 Å². The van der Waals surface area contributed by atoms with Crippen LogP contribution in [0, 0.1) is 5.92 Å². The Labute approximate surface area is 172 Å². The Morgan fingerprint density at radius 1 is 1.30 bits per heavy atom. The number of nitrogens with two attached hydrogens (primary N) is 1. The lowest BCUT2D eigenvalue weighted by molar-refractivity contribution is -0.118. The van der Waals surface area contributed by atoms with Crippen LogP contribution in [0.4, 0.5) is 5.69 Å². The second-order valence-corrected chi connectivity index (χ2v) is 8.04. The first-order valence-electron chi connectivity index (χ1n) is 8.35. The highest BCUT2D eigenvalue weighted by molar-refractivity contribution is 7.99. The predicted molar refractivity (Wildman–Crippen MR) is 108 cm³/mol. The second kappa shape index (κ2) is 9.96. The van der Waals surface area contributed by atoms with E-state index in [1.807, 2.05) is 4.57 Å². The van der Waals surface area contributed by atoms with Crippen LogP contribution in [-0.4, -0.2) is 32.3 Å². The number of aromatic nitrogens is 3. The minimum Gasteiger partial charge on any atom is -0.370 e. The summed E-state index contributed by atoms with van der Waals surface area (Å²) in [7, 11) is 0. The summed E-state index contributed by atoms with van der Waals surface area (Å²) >= 11 is 13.3. The minimum absolute atomic E-state index is 0.134. The molecule has 0 fully saturated rings. The molecule has 7 nitrogen and oxygen atoms in total. The van der Waals surface area contributed by atoms with Crippen molar-refractivity contribution in [3.8, 4) is 0 Å². The maximum atomic E-state index is 12.3. The third kappa shape index (κ3) is 6.41. The van der Waals surface area contributed by atoms with E-state index in [1.165, 1.54) is 11.8 Å². The molecule has 146 valence electrons. The van der Waals surface area contributed by atoms with Gasteiger partial charge in [-0.3, -0.25) is 9.59 Å². The molecule has 10 heteroatoms. The molecule has 2 rings (SSSR count). The second-order valence-electron chi connectivity index (χ2n) is 6.31. The first kappa shape index (κ1) is 21.5. The van der Waals surface area contributed by atoms with Crippen molar-refractivity contribution in [1.82, 2.24) is 14.8 Å². The van der Waals surface area contributed by atoms with Gasteiger partial charge >= 0.3 is 0 Å². The van der Waals surface area contributed by atoms with Crippen molar-refractivity contribution in [2.24, 2.45) is 11.7 Å². The van der Waals surface area contributed by atoms with Gasteiger partial charge in [-0.05, 0) is 18.1 Å². The normalized spacial score (nSPS) is 11.0. The van der Waals surface area contributed by atoms with E-state index in [2.05, 4.69) is 29.4 Å². The van der Waals surface area contributed by atoms with E-state index < -0.39 is 0 Å². The summed E-state index contributed by atoms with van der Waals surface area (Å²) in [6.07, 6.45) is 0.620. The fourth-order valence-electron chi connectivity index (χ4n) is 2.31. The van der Waals surface area contributed by atoms with Gasteiger partial charge in [-0.25, -0.2) is 0 Å². The number of hydrogen-bond donors (Lipinski definition) is 2. The van der Waals surface area contributed by atoms with Crippen LogP contribution in [0.5, 0.6) is 0 Å². The Balaban J connectivity index is 2.04. The van der Waals surface area contributed by atoms with E-state index in [4.69, 9.17) is 28.9 Å². The number of nitrogens with zero attached hydrogens (tertiary/aromatic N) is 3. The fraction of sp³-hybridized carbons (Fsp3) is 0.412. The van der Waals surface area contributed by atoms with E-state index >= 15 is 0 Å². The van der Waals surface area contributed by atoms with Crippen LogP contribution in [-0.2, 0) is 22.6 Å². The molecule has 0 aliphatic carbocycles. The Kier molecular flexibility index (Phi) is 7.94. The Bertz CT molecular complexity index is 826. The van der Waals surface area contributed by atoms with E-state index in [9.17, 15) is 9.59 Å². The van der Waals surface area contributed by atoms with Gasteiger partial charge < -0.3 is 15.6 Å². The van der Waals surface area contributed by atoms with Crippen molar-refractivity contribution in [2.75, 3.05) is 11.1 Å². The van der Waals surface area contributed by atoms with Crippen LogP contribution in [0.15, 0.2) is 23.4 Å². The lowest BCUT2D eigenvalue weighted by atomic mass is 10.2. The SMILES string of the molecule is CC(C)Cn1c(CCC(N)=O)nnc1SCC(=O)Nc1cccc(Cl)c1Cl. The average Bonchev–Trinajstić information content (AvgIpc) is 2.96. The molecule has 0 unspecified atom stereocenters. The van der Waals surface area contributed by atoms with E-state index in [0.29, 0.717) is 45.6 Å². The summed E-state index contributed by atoms with van der Waals surface area (Å²) in [5.74, 6) is 0.549. The Hall–Kier alpha value is -1.77. The number of carbonyl (C=O) groups excluding carboxylic acids is 2. The molecule has 0 saturated carbocycles. The zero-order chi connectivity index (χ0) is 20.0. The molecule has 3 N–H and O–H groups in total. The van der Waals surface area contributed by atoms with Crippen molar-refractivity contribution in [2.45, 2.75) is 38.4 Å². The molecule has 1 aromatic heterocycles. The number of primary amides is 1. The number of anilines is 1. The standard InChI is InChI=1S/C17H21Cl2N5O2S/c1-10(2)8-24-14(7-6-13(20)25)22-23-17(24)27-9-15(26)21-12-5-3-4-11(18)16(12)19/h3-5,10H,6-9H2,1-2H3,(H2,20,25)(H,21,26). The van der Waals surface area contributed by atoms with Crippen molar-refractivity contribution >= 4 is 52.5 Å². The third-order valence-electron chi connectivity index (χ3n) is 3.49. The van der Waals surface area contributed by atoms with Crippen LogP contribution < -0.4 is 11.1 Å². The van der Waals surface area contributed by atoms with E-state index in [1.54, 1.807) is 18.2 Å². The molecule has 2 aromatic rings. The van der Waals surface area contributed by atoms with Gasteiger partial charge in [-0.15, -0.1) is 10.2 Å². The average molecular weight is 430 g/mol. The number of nitrogens with one attached hydrogen (secondary N) is 1. The molecule has 1 heterocycles. The highest BCUT2D eigenvalue weighted by Crippen LogP contribution is 2.29. The molecule has 0 aliphatic heterocycles. The quantitative estimate of drug-likeness (QED) is 0.594. The third-order valence-corrected chi connectivity index (χ3v) is 5.28. The molecular formula is C17H21Cl2N5O2S. The van der Waals surface area contributed by atoms with E-state index in [0.717, 1.165) is 0 Å². The van der Waals surface area contributed by atoms with Crippen LogP contribution in [0.1, 0.15) is 26.1 Å². The number of benzene rings is 1. The zero-order valence-corrected chi connectivity index (χ0v) is 17.4. The number of rotatable bonds is 9. The number of thioether (sulfide) groups is 1. The van der Waals surface area contributed by atoms with Crippen LogP contribution in [0.3, 0.4) is 0 Å². The summed E-state index contributed by atoms with van der Waals surface area (Å²) in [6, 6.07) is 5.04. The molecule has 0 atom stereocenters. The fourth-order valence-corrected chi connectivity index (χ4v) is 3.43. The number of amides is 2. The van der Waals surface area contributed by atoms with Crippen LogP contribution >= 0.6 is 35.0 Å². The van der Waals surface area contributed by atoms with Crippen molar-refractivity contribution in [3.05, 3.63) is 34.1 Å². The Morgan fingerprint density at radius 3 is 2.70 bits per heavy atom. The largest absolute Gasteiger partial charge is 0.370 e. The molecule has 1 aromatic carbocycles. The van der Waals surface area contributed by atoms with Crippen LogP contribution in [0.25, 0.3) is 0 Å². The Morgan fingerprint density at radius 2 is 2.04 bits per heavy atom. The van der Waals surface area contributed by atoms with Crippen LogP contribution in [0.2, 0.25) is 10.0 Å². The van der Waals surface area contributed by atoms with Gasteiger partial charge in [-0.2, -0.15) is 0 Å². The highest BCUT2D eigenvalue weighted by atomic mass is 35.5. The smallest absolute Gasteiger partial charge is 0.234 e. The van der Waals surface area contributed by atoms with Gasteiger partial charge in [0.15, 0.2) is 5.16 Å². The lowest BCUT2D eigenvalue weighted by Gasteiger charge is -2.12. The minimum atomic E-state index is -0.388. The highest BCUT2D eigenvalue weighted by Gasteiger charge is 2.16. The van der Waals surface area contributed by atoms with Gasteiger partial charge in [0.05, 0.1) is 21.5 Å². The first-order valence-corrected chi connectivity index (χ1v) is 10.1. The lowest BCUT2D eigenvalue weighted by Crippen LogP contribution is -2.17. The van der Waals surface area contributed by atoms with Crippen molar-refractivity contribution in [1.29, 1.82) is 0 Å². The zero-order valence-electron chi connectivity index (χ0n) is 15.0. The maximum absolute atomic E-state index is 12.3. The molecule has 27 heavy (non-hydrogen) atoms. The summed E-state index contributed by atoms with van der Waals surface area (Å²) in [5.41, 5.74) is 5.68. The summed E-state index contributed by atoms with van der Waals surface area (Å²) < 4.78 is 1.93. The number of hydrogen-bond acceptors (Lipinski definition) is 5. The van der Waals surface area contributed by atoms with Gasteiger partial charge in [0.25, 0.3) is 0 Å². The van der Waals surface area contributed by atoms with Gasteiger partial charge in [0.1, 0.15) is 5.82 Å². The topological polar surface area (TPSA) is 103 Å². The molecule has 0 spiro atoms. The molecule has 0 saturated heterocycles. The summed E-state index contributed by atoms with van der Waals surface area (Å²) in [5, 5.41) is 12.3. The van der Waals surface area contributed by atoms with Crippen molar-refractivity contribution in [3.63, 3.8) is 0 Å².